The summed E-state index contributed by atoms with van der Waals surface area (Å²) in [5, 5.41) is 13.1. The molecular formula is C18H18N6OS2. The number of aryl methyl sites for hydroxylation is 1. The maximum atomic E-state index is 12.3. The number of hydrogen-bond donors (Lipinski definition) is 1. The molecule has 0 aliphatic carbocycles. The van der Waals surface area contributed by atoms with Crippen molar-refractivity contribution < 1.29 is 0 Å². The van der Waals surface area contributed by atoms with Crippen molar-refractivity contribution in [2.75, 3.05) is 0 Å². The summed E-state index contributed by atoms with van der Waals surface area (Å²) in [5.41, 5.74) is 2.71. The van der Waals surface area contributed by atoms with Crippen molar-refractivity contribution >= 4 is 28.1 Å². The quantitative estimate of drug-likeness (QED) is 0.516. The van der Waals surface area contributed by atoms with Gasteiger partial charge in [-0.05, 0) is 13.0 Å². The number of aromatic amines is 1. The Hall–Kier alpha value is -2.52. The summed E-state index contributed by atoms with van der Waals surface area (Å²) in [6, 6.07) is 9.61. The molecule has 0 fully saturated rings. The van der Waals surface area contributed by atoms with E-state index in [1.165, 1.54) is 39.2 Å². The number of benzene rings is 1. The standard InChI is InChI=1S/C18H18N6OS2/c1-10(2)16-23-24-14(25)8-13(19-18(24)27-16)9-26-17-20-15(21-22-17)12-6-4-5-11(3)7-12/h4-8,10H,9H2,1-3H3,(H,20,21,22). The van der Waals surface area contributed by atoms with E-state index in [1.807, 2.05) is 25.1 Å². The monoisotopic (exact) mass is 398 g/mol. The first-order chi connectivity index (χ1) is 13.0. The van der Waals surface area contributed by atoms with Crippen LogP contribution < -0.4 is 5.56 Å². The van der Waals surface area contributed by atoms with Crippen LogP contribution in [0.2, 0.25) is 0 Å². The van der Waals surface area contributed by atoms with Crippen molar-refractivity contribution in [3.8, 4) is 11.4 Å². The highest BCUT2D eigenvalue weighted by Gasteiger charge is 2.12. The zero-order valence-electron chi connectivity index (χ0n) is 15.1. The Morgan fingerprint density at radius 3 is 2.89 bits per heavy atom. The minimum Gasteiger partial charge on any atom is -0.267 e. The second-order valence-electron chi connectivity index (χ2n) is 6.50. The van der Waals surface area contributed by atoms with Crippen molar-refractivity contribution in [2.24, 2.45) is 0 Å². The van der Waals surface area contributed by atoms with E-state index >= 15 is 0 Å². The number of nitrogens with zero attached hydrogens (tertiary/aromatic N) is 5. The van der Waals surface area contributed by atoms with Gasteiger partial charge in [-0.3, -0.25) is 9.89 Å². The smallest absolute Gasteiger partial charge is 0.267 e. The van der Waals surface area contributed by atoms with Crippen LogP contribution in [0.15, 0.2) is 40.3 Å². The Morgan fingerprint density at radius 2 is 2.11 bits per heavy atom. The Labute approximate surface area is 163 Å². The predicted octanol–water partition coefficient (Wildman–Crippen LogP) is 3.66. The molecule has 1 N–H and O–H groups in total. The molecular weight excluding hydrogens is 380 g/mol. The Balaban J connectivity index is 1.53. The van der Waals surface area contributed by atoms with Crippen LogP contribution in [0.3, 0.4) is 0 Å². The van der Waals surface area contributed by atoms with Gasteiger partial charge in [-0.15, -0.1) is 5.10 Å². The molecule has 7 nitrogen and oxygen atoms in total. The molecule has 0 amide bonds. The van der Waals surface area contributed by atoms with Gasteiger partial charge in [0.2, 0.25) is 10.1 Å². The van der Waals surface area contributed by atoms with Crippen LogP contribution in [0.4, 0.5) is 0 Å². The van der Waals surface area contributed by atoms with Crippen molar-refractivity contribution in [3.63, 3.8) is 0 Å². The van der Waals surface area contributed by atoms with Crippen LogP contribution in [0.5, 0.6) is 0 Å². The summed E-state index contributed by atoms with van der Waals surface area (Å²) in [7, 11) is 0. The molecule has 3 aromatic heterocycles. The van der Waals surface area contributed by atoms with E-state index in [-0.39, 0.29) is 11.5 Å². The van der Waals surface area contributed by atoms with Gasteiger partial charge in [0, 0.05) is 23.3 Å². The SMILES string of the molecule is Cc1cccc(-c2nc(SCc3cc(=O)n4nc(C(C)C)sc4n3)n[nH]2)c1. The molecule has 1 aromatic carbocycles. The minimum absolute atomic E-state index is 0.158. The lowest BCUT2D eigenvalue weighted by molar-refractivity contribution is 0.782. The van der Waals surface area contributed by atoms with E-state index in [9.17, 15) is 4.79 Å². The van der Waals surface area contributed by atoms with Crippen LogP contribution in [0, 0.1) is 6.92 Å². The molecule has 138 valence electrons. The van der Waals surface area contributed by atoms with E-state index in [2.05, 4.69) is 45.2 Å². The molecule has 0 radical (unpaired) electrons. The number of rotatable bonds is 5. The average molecular weight is 399 g/mol. The summed E-state index contributed by atoms with van der Waals surface area (Å²) in [5.74, 6) is 1.52. The molecule has 0 spiro atoms. The lowest BCUT2D eigenvalue weighted by Crippen LogP contribution is -2.15. The van der Waals surface area contributed by atoms with E-state index in [0.29, 0.717) is 21.6 Å². The molecule has 3 heterocycles. The Kier molecular flexibility index (Phi) is 4.79. The molecule has 0 saturated carbocycles. The summed E-state index contributed by atoms with van der Waals surface area (Å²) in [6.07, 6.45) is 0. The summed E-state index contributed by atoms with van der Waals surface area (Å²) in [6.45, 7) is 6.14. The zero-order valence-corrected chi connectivity index (χ0v) is 16.8. The highest BCUT2D eigenvalue weighted by atomic mass is 32.2. The first kappa shape index (κ1) is 17.9. The van der Waals surface area contributed by atoms with Crippen LogP contribution in [0.25, 0.3) is 16.3 Å². The predicted molar refractivity (Wildman–Crippen MR) is 107 cm³/mol. The van der Waals surface area contributed by atoms with Crippen molar-refractivity contribution in [1.82, 2.24) is 29.8 Å². The van der Waals surface area contributed by atoms with Gasteiger partial charge in [-0.25, -0.2) is 9.97 Å². The van der Waals surface area contributed by atoms with Crippen LogP contribution in [0.1, 0.15) is 36.0 Å². The summed E-state index contributed by atoms with van der Waals surface area (Å²) in [4.78, 5) is 22.0. The van der Waals surface area contributed by atoms with E-state index in [0.717, 1.165) is 16.4 Å². The van der Waals surface area contributed by atoms with Gasteiger partial charge in [-0.1, -0.05) is 60.7 Å². The molecule has 9 heteroatoms. The molecule has 0 saturated heterocycles. The molecule has 27 heavy (non-hydrogen) atoms. The first-order valence-corrected chi connectivity index (χ1v) is 10.3. The van der Waals surface area contributed by atoms with Crippen LogP contribution in [-0.4, -0.2) is 29.8 Å². The topological polar surface area (TPSA) is 88.8 Å². The molecule has 4 rings (SSSR count). The maximum absolute atomic E-state index is 12.3. The zero-order chi connectivity index (χ0) is 19.0. The molecule has 0 unspecified atom stereocenters. The van der Waals surface area contributed by atoms with Crippen molar-refractivity contribution in [2.45, 2.75) is 37.6 Å². The summed E-state index contributed by atoms with van der Waals surface area (Å²) >= 11 is 2.90. The molecule has 0 aliphatic rings. The number of aromatic nitrogens is 6. The summed E-state index contributed by atoms with van der Waals surface area (Å²) < 4.78 is 1.37. The normalized spacial score (nSPS) is 11.6. The second kappa shape index (κ2) is 7.24. The fourth-order valence-corrected chi connectivity index (χ4v) is 4.17. The number of nitrogens with one attached hydrogen (secondary N) is 1. The number of hydrogen-bond acceptors (Lipinski definition) is 7. The van der Waals surface area contributed by atoms with Crippen LogP contribution >= 0.6 is 23.1 Å². The van der Waals surface area contributed by atoms with E-state index < -0.39 is 0 Å². The first-order valence-electron chi connectivity index (χ1n) is 8.51. The Morgan fingerprint density at radius 1 is 1.26 bits per heavy atom. The average Bonchev–Trinajstić information content (AvgIpc) is 3.27. The van der Waals surface area contributed by atoms with Gasteiger partial charge < -0.3 is 0 Å². The third kappa shape index (κ3) is 3.79. The Bertz CT molecular complexity index is 1160. The van der Waals surface area contributed by atoms with Gasteiger partial charge in [0.05, 0.1) is 5.69 Å². The van der Waals surface area contributed by atoms with Crippen LogP contribution in [-0.2, 0) is 5.75 Å². The third-order valence-corrected chi connectivity index (χ3v) is 6.00. The minimum atomic E-state index is -0.158. The van der Waals surface area contributed by atoms with E-state index in [1.54, 1.807) is 0 Å². The molecule has 0 atom stereocenters. The highest BCUT2D eigenvalue weighted by molar-refractivity contribution is 7.98. The lowest BCUT2D eigenvalue weighted by Gasteiger charge is -1.98. The number of thioether (sulfide) groups is 1. The van der Waals surface area contributed by atoms with Crippen molar-refractivity contribution in [1.29, 1.82) is 0 Å². The van der Waals surface area contributed by atoms with Gasteiger partial charge in [0.15, 0.2) is 5.82 Å². The lowest BCUT2D eigenvalue weighted by atomic mass is 10.1. The van der Waals surface area contributed by atoms with Gasteiger partial charge >= 0.3 is 0 Å². The fraction of sp³-hybridized carbons (Fsp3) is 0.278. The largest absolute Gasteiger partial charge is 0.275 e. The molecule has 4 aromatic rings. The highest BCUT2D eigenvalue weighted by Crippen LogP contribution is 2.24. The number of fused-ring (bicyclic) bond motifs is 1. The maximum Gasteiger partial charge on any atom is 0.275 e. The third-order valence-electron chi connectivity index (χ3n) is 3.91. The van der Waals surface area contributed by atoms with Gasteiger partial charge in [0.1, 0.15) is 5.01 Å². The van der Waals surface area contributed by atoms with Crippen molar-refractivity contribution in [3.05, 3.63) is 57.0 Å². The molecule has 0 aliphatic heterocycles. The fourth-order valence-electron chi connectivity index (χ4n) is 2.55. The molecule has 0 bridgehead atoms. The van der Waals surface area contributed by atoms with Gasteiger partial charge in [-0.2, -0.15) is 9.61 Å². The number of H-pyrrole nitrogens is 1. The van der Waals surface area contributed by atoms with E-state index in [4.69, 9.17) is 0 Å². The second-order valence-corrected chi connectivity index (χ2v) is 8.43. The van der Waals surface area contributed by atoms with Gasteiger partial charge in [0.25, 0.3) is 5.56 Å².